The molecule has 0 unspecified atom stereocenters. The van der Waals surface area contributed by atoms with Crippen molar-refractivity contribution < 1.29 is 26.4 Å². The van der Waals surface area contributed by atoms with Crippen molar-refractivity contribution in [2.24, 2.45) is 0 Å². The minimum atomic E-state index is -4.43. The summed E-state index contributed by atoms with van der Waals surface area (Å²) in [5.41, 5.74) is 1.75. The number of anilines is 2. The van der Waals surface area contributed by atoms with E-state index >= 15 is 0 Å². The molecule has 0 aromatic heterocycles. The van der Waals surface area contributed by atoms with Gasteiger partial charge in [0.2, 0.25) is 5.91 Å². The molecule has 1 saturated heterocycles. The quantitative estimate of drug-likeness (QED) is 0.456. The molecule has 1 aliphatic rings. The predicted molar refractivity (Wildman–Crippen MR) is 137 cm³/mol. The van der Waals surface area contributed by atoms with Gasteiger partial charge in [-0.3, -0.25) is 9.10 Å². The molecule has 1 fully saturated rings. The molecule has 3 aromatic rings. The Labute approximate surface area is 215 Å². The van der Waals surface area contributed by atoms with E-state index in [-0.39, 0.29) is 30.4 Å². The van der Waals surface area contributed by atoms with Crippen LogP contribution in [0.2, 0.25) is 0 Å². The van der Waals surface area contributed by atoms with E-state index in [4.69, 9.17) is 0 Å². The number of piperazine rings is 1. The Morgan fingerprint density at radius 3 is 2.16 bits per heavy atom. The molecule has 0 spiro atoms. The highest BCUT2D eigenvalue weighted by molar-refractivity contribution is 7.92. The summed E-state index contributed by atoms with van der Waals surface area (Å²) in [6.45, 7) is 4.46. The fourth-order valence-corrected chi connectivity index (χ4v) is 5.77. The van der Waals surface area contributed by atoms with Crippen molar-refractivity contribution in [3.05, 3.63) is 89.5 Å². The standard InChI is InChI=1S/C27H28F3N3O3S/c1-20-10-12-24(13-11-20)37(35,36)33(25-9-4-3-6-21(25)2)19-26(34)32-16-14-31(15-17-32)23-8-5-7-22(18-23)27(28,29)30/h3-13,18H,14-17,19H2,1-2H3. The molecule has 10 heteroatoms. The Morgan fingerprint density at radius 2 is 1.54 bits per heavy atom. The zero-order valence-electron chi connectivity index (χ0n) is 20.6. The highest BCUT2D eigenvalue weighted by Crippen LogP contribution is 2.32. The minimum absolute atomic E-state index is 0.0866. The fraction of sp³-hybridized carbons (Fsp3) is 0.296. The van der Waals surface area contributed by atoms with Gasteiger partial charge < -0.3 is 9.80 Å². The largest absolute Gasteiger partial charge is 0.416 e. The van der Waals surface area contributed by atoms with Crippen molar-refractivity contribution in [2.45, 2.75) is 24.9 Å². The predicted octanol–water partition coefficient (Wildman–Crippen LogP) is 4.87. The lowest BCUT2D eigenvalue weighted by molar-refractivity contribution is -0.137. The van der Waals surface area contributed by atoms with E-state index in [0.717, 1.165) is 22.0 Å². The van der Waals surface area contributed by atoms with E-state index in [2.05, 4.69) is 0 Å². The Balaban J connectivity index is 1.52. The van der Waals surface area contributed by atoms with E-state index in [0.29, 0.717) is 30.0 Å². The molecule has 0 aliphatic carbocycles. The number of hydrogen-bond acceptors (Lipinski definition) is 4. The molecule has 0 bridgehead atoms. The number of halogens is 3. The number of benzene rings is 3. The first kappa shape index (κ1) is 26.5. The summed E-state index contributed by atoms with van der Waals surface area (Å²) in [7, 11) is -4.03. The highest BCUT2D eigenvalue weighted by Gasteiger charge is 2.33. The van der Waals surface area contributed by atoms with Gasteiger partial charge in [0.05, 0.1) is 16.1 Å². The molecule has 37 heavy (non-hydrogen) atoms. The molecule has 1 amide bonds. The van der Waals surface area contributed by atoms with Crippen molar-refractivity contribution in [3.63, 3.8) is 0 Å². The summed E-state index contributed by atoms with van der Waals surface area (Å²) >= 11 is 0. The van der Waals surface area contributed by atoms with Crippen LogP contribution in [0.25, 0.3) is 0 Å². The van der Waals surface area contributed by atoms with Gasteiger partial charge in [-0.25, -0.2) is 8.42 Å². The number of nitrogens with zero attached hydrogens (tertiary/aromatic N) is 3. The van der Waals surface area contributed by atoms with Crippen LogP contribution < -0.4 is 9.21 Å². The number of sulfonamides is 1. The smallest absolute Gasteiger partial charge is 0.368 e. The third-order valence-electron chi connectivity index (χ3n) is 6.44. The summed E-state index contributed by atoms with van der Waals surface area (Å²) in [5, 5.41) is 0. The third kappa shape index (κ3) is 5.90. The van der Waals surface area contributed by atoms with Crippen molar-refractivity contribution >= 4 is 27.3 Å². The summed E-state index contributed by atoms with van der Waals surface area (Å²) in [6.07, 6.45) is -4.43. The molecule has 6 nitrogen and oxygen atoms in total. The first-order valence-electron chi connectivity index (χ1n) is 11.8. The van der Waals surface area contributed by atoms with E-state index in [1.807, 2.05) is 6.92 Å². The number of hydrogen-bond donors (Lipinski definition) is 0. The maximum Gasteiger partial charge on any atom is 0.416 e. The Bertz CT molecular complexity index is 1370. The van der Waals surface area contributed by atoms with Crippen molar-refractivity contribution in [2.75, 3.05) is 41.9 Å². The summed E-state index contributed by atoms with van der Waals surface area (Å²) in [5.74, 6) is -0.373. The van der Waals surface area contributed by atoms with Crippen LogP contribution in [0, 0.1) is 13.8 Å². The van der Waals surface area contributed by atoms with E-state index in [9.17, 15) is 26.4 Å². The normalized spacial score (nSPS) is 14.5. The molecule has 3 aromatic carbocycles. The lowest BCUT2D eigenvalue weighted by Gasteiger charge is -2.37. The van der Waals surface area contributed by atoms with Gasteiger partial charge in [0.15, 0.2) is 0 Å². The van der Waals surface area contributed by atoms with Crippen molar-refractivity contribution in [3.8, 4) is 0 Å². The number of aryl methyl sites for hydroxylation is 2. The monoisotopic (exact) mass is 531 g/mol. The van der Waals surface area contributed by atoms with Gasteiger partial charge in [-0.2, -0.15) is 13.2 Å². The average Bonchev–Trinajstić information content (AvgIpc) is 2.87. The molecule has 1 heterocycles. The van der Waals surface area contributed by atoms with Crippen molar-refractivity contribution in [1.29, 1.82) is 0 Å². The Morgan fingerprint density at radius 1 is 0.892 bits per heavy atom. The first-order chi connectivity index (χ1) is 17.5. The van der Waals surface area contributed by atoms with Crippen LogP contribution in [0.3, 0.4) is 0 Å². The summed E-state index contributed by atoms with van der Waals surface area (Å²) < 4.78 is 67.7. The molecule has 0 saturated carbocycles. The summed E-state index contributed by atoms with van der Waals surface area (Å²) in [4.78, 5) is 16.7. The van der Waals surface area contributed by atoms with Crippen LogP contribution in [0.5, 0.6) is 0 Å². The van der Waals surface area contributed by atoms with E-state index in [1.165, 1.54) is 18.2 Å². The minimum Gasteiger partial charge on any atom is -0.368 e. The fourth-order valence-electron chi connectivity index (χ4n) is 4.30. The lowest BCUT2D eigenvalue weighted by Crippen LogP contribution is -2.52. The van der Waals surface area contributed by atoms with Gasteiger partial charge in [0.25, 0.3) is 10.0 Å². The maximum atomic E-state index is 13.6. The number of carbonyl (C=O) groups excluding carboxylic acids is 1. The number of alkyl halides is 3. The molecule has 196 valence electrons. The van der Waals surface area contributed by atoms with E-state index < -0.39 is 21.8 Å². The molecule has 4 rings (SSSR count). The zero-order chi connectivity index (χ0) is 26.8. The average molecular weight is 532 g/mol. The lowest BCUT2D eigenvalue weighted by atomic mass is 10.1. The first-order valence-corrected chi connectivity index (χ1v) is 13.3. The van der Waals surface area contributed by atoms with Gasteiger partial charge in [-0.05, 0) is 55.8 Å². The number of para-hydroxylation sites is 1. The van der Waals surface area contributed by atoms with Gasteiger partial charge in [0.1, 0.15) is 6.54 Å². The number of rotatable bonds is 6. The Hall–Kier alpha value is -3.53. The van der Waals surface area contributed by atoms with Gasteiger partial charge in [0, 0.05) is 31.9 Å². The molecule has 0 N–H and O–H groups in total. The molecular weight excluding hydrogens is 503 g/mol. The van der Waals surface area contributed by atoms with Crippen LogP contribution in [0.15, 0.2) is 77.7 Å². The van der Waals surface area contributed by atoms with Crippen molar-refractivity contribution in [1.82, 2.24) is 4.90 Å². The number of amides is 1. The molecule has 0 atom stereocenters. The molecular formula is C27H28F3N3O3S. The number of carbonyl (C=O) groups is 1. The van der Waals surface area contributed by atoms with Crippen LogP contribution in [-0.4, -0.2) is 51.9 Å². The van der Waals surface area contributed by atoms with Gasteiger partial charge in [-0.15, -0.1) is 0 Å². The molecule has 0 radical (unpaired) electrons. The van der Waals surface area contributed by atoms with E-state index in [1.54, 1.807) is 59.2 Å². The SMILES string of the molecule is Cc1ccc(S(=O)(=O)N(CC(=O)N2CCN(c3cccc(C(F)(F)F)c3)CC2)c2ccccc2C)cc1. The zero-order valence-corrected chi connectivity index (χ0v) is 21.4. The van der Waals surface area contributed by atoms with Crippen LogP contribution in [-0.2, 0) is 21.0 Å². The second-order valence-corrected chi connectivity index (χ2v) is 10.9. The molecule has 1 aliphatic heterocycles. The topological polar surface area (TPSA) is 60.9 Å². The van der Waals surface area contributed by atoms with Gasteiger partial charge >= 0.3 is 6.18 Å². The van der Waals surface area contributed by atoms with Crippen LogP contribution in [0.1, 0.15) is 16.7 Å². The highest BCUT2D eigenvalue weighted by atomic mass is 32.2. The second-order valence-electron chi connectivity index (χ2n) is 9.03. The maximum absolute atomic E-state index is 13.6. The summed E-state index contributed by atoms with van der Waals surface area (Å²) in [6, 6.07) is 18.5. The third-order valence-corrected chi connectivity index (χ3v) is 8.22. The van der Waals surface area contributed by atoms with Crippen LogP contribution in [0.4, 0.5) is 24.5 Å². The van der Waals surface area contributed by atoms with Gasteiger partial charge in [-0.1, -0.05) is 42.0 Å². The second kappa shape index (κ2) is 10.5. The van der Waals surface area contributed by atoms with Crippen LogP contribution >= 0.6 is 0 Å². The Kier molecular flexibility index (Phi) is 7.49.